The minimum absolute atomic E-state index is 0.0722. The summed E-state index contributed by atoms with van der Waals surface area (Å²) in [5.74, 6) is -0.102. The van der Waals surface area contributed by atoms with Crippen LogP contribution in [0.25, 0.3) is 0 Å². The van der Waals surface area contributed by atoms with Gasteiger partial charge in [0.05, 0.1) is 23.4 Å². The first-order valence-corrected chi connectivity index (χ1v) is 6.76. The van der Waals surface area contributed by atoms with E-state index in [-0.39, 0.29) is 11.5 Å². The zero-order valence-corrected chi connectivity index (χ0v) is 11.8. The maximum atomic E-state index is 12.2. The first-order chi connectivity index (χ1) is 9.47. The number of hydrogen-bond acceptors (Lipinski definition) is 5. The molecule has 0 radical (unpaired) electrons. The Labute approximate surface area is 117 Å². The van der Waals surface area contributed by atoms with Gasteiger partial charge in [-0.2, -0.15) is 0 Å². The average molecular weight is 280 g/mol. The topological polar surface area (TPSA) is 82.5 Å². The summed E-state index contributed by atoms with van der Waals surface area (Å²) in [7, 11) is 2.08. The van der Waals surface area contributed by atoms with Crippen LogP contribution in [0.5, 0.6) is 0 Å². The van der Waals surface area contributed by atoms with Crippen molar-refractivity contribution in [2.75, 3.05) is 33.2 Å². The van der Waals surface area contributed by atoms with Gasteiger partial charge in [-0.15, -0.1) is 0 Å². The van der Waals surface area contributed by atoms with E-state index in [2.05, 4.69) is 28.8 Å². The fourth-order valence-electron chi connectivity index (χ4n) is 2.58. The van der Waals surface area contributed by atoms with Crippen molar-refractivity contribution in [1.82, 2.24) is 14.8 Å². The molecule has 1 aliphatic heterocycles. The Hall–Kier alpha value is -1.73. The number of H-pyrrole nitrogens is 1. The van der Waals surface area contributed by atoms with Gasteiger partial charge in [0.1, 0.15) is 0 Å². The molecular formula is C13H20N4O3. The molecular weight excluding hydrogens is 260 g/mol. The van der Waals surface area contributed by atoms with Crippen molar-refractivity contribution < 1.29 is 9.72 Å². The number of nitro groups is 1. The van der Waals surface area contributed by atoms with Crippen molar-refractivity contribution in [3.63, 3.8) is 0 Å². The van der Waals surface area contributed by atoms with E-state index in [1.165, 1.54) is 12.3 Å². The summed E-state index contributed by atoms with van der Waals surface area (Å²) in [6.07, 6.45) is 2.28. The molecule has 0 bridgehead atoms. The van der Waals surface area contributed by atoms with Crippen LogP contribution in [0.15, 0.2) is 12.3 Å². The molecule has 1 N–H and O–H groups in total. The van der Waals surface area contributed by atoms with E-state index in [0.29, 0.717) is 18.3 Å². The van der Waals surface area contributed by atoms with E-state index >= 15 is 0 Å². The number of nitrogens with zero attached hydrogens (tertiary/aromatic N) is 3. The van der Waals surface area contributed by atoms with Crippen molar-refractivity contribution >= 4 is 11.5 Å². The number of aromatic amines is 1. The number of hydrogen-bond donors (Lipinski definition) is 1. The summed E-state index contributed by atoms with van der Waals surface area (Å²) >= 11 is 0. The summed E-state index contributed by atoms with van der Waals surface area (Å²) in [4.78, 5) is 29.4. The second-order valence-electron chi connectivity index (χ2n) is 5.39. The summed E-state index contributed by atoms with van der Waals surface area (Å²) in [6.45, 7) is 5.24. The van der Waals surface area contributed by atoms with Crippen LogP contribution in [-0.4, -0.2) is 64.8 Å². The number of carbonyl (C=O) groups excluding carboxylic acids is 1. The highest BCUT2D eigenvalue weighted by Gasteiger charge is 2.23. The van der Waals surface area contributed by atoms with Gasteiger partial charge in [0.25, 0.3) is 5.69 Å². The van der Waals surface area contributed by atoms with Crippen molar-refractivity contribution in [3.05, 3.63) is 28.1 Å². The monoisotopic (exact) mass is 280 g/mol. The third-order valence-corrected chi connectivity index (χ3v) is 3.71. The second-order valence-corrected chi connectivity index (χ2v) is 5.39. The first-order valence-electron chi connectivity index (χ1n) is 6.76. The van der Waals surface area contributed by atoms with Gasteiger partial charge >= 0.3 is 0 Å². The Morgan fingerprint density at radius 3 is 2.95 bits per heavy atom. The average Bonchev–Trinajstić information content (AvgIpc) is 2.81. The summed E-state index contributed by atoms with van der Waals surface area (Å²) in [6, 6.07) is 1.60. The fourth-order valence-corrected chi connectivity index (χ4v) is 2.58. The van der Waals surface area contributed by atoms with Crippen molar-refractivity contribution in [2.24, 2.45) is 0 Å². The van der Waals surface area contributed by atoms with Crippen molar-refractivity contribution in [1.29, 1.82) is 0 Å². The van der Waals surface area contributed by atoms with Gasteiger partial charge < -0.3 is 9.88 Å². The Bertz CT molecular complexity index is 500. The zero-order chi connectivity index (χ0) is 14.7. The highest BCUT2D eigenvalue weighted by molar-refractivity contribution is 5.96. The van der Waals surface area contributed by atoms with Crippen LogP contribution in [0.4, 0.5) is 5.69 Å². The first kappa shape index (κ1) is 14.7. The predicted molar refractivity (Wildman–Crippen MR) is 74.9 cm³/mol. The van der Waals surface area contributed by atoms with E-state index in [0.717, 1.165) is 26.1 Å². The molecule has 2 rings (SSSR count). The number of carbonyl (C=O) groups is 1. The quantitative estimate of drug-likeness (QED) is 0.508. The van der Waals surface area contributed by atoms with Gasteiger partial charge in [-0.25, -0.2) is 0 Å². The molecule has 1 aromatic rings. The van der Waals surface area contributed by atoms with Crippen LogP contribution in [-0.2, 0) is 0 Å². The predicted octanol–water partition coefficient (Wildman–Crippen LogP) is 1.13. The van der Waals surface area contributed by atoms with E-state index < -0.39 is 4.92 Å². The van der Waals surface area contributed by atoms with E-state index in [1.54, 1.807) is 0 Å². The van der Waals surface area contributed by atoms with Gasteiger partial charge in [-0.05, 0) is 26.9 Å². The lowest BCUT2D eigenvalue weighted by Gasteiger charge is -2.26. The molecule has 1 aliphatic rings. The molecule has 20 heavy (non-hydrogen) atoms. The Balaban J connectivity index is 2.00. The van der Waals surface area contributed by atoms with Crippen LogP contribution in [0.1, 0.15) is 23.8 Å². The van der Waals surface area contributed by atoms with Gasteiger partial charge in [-0.3, -0.25) is 19.8 Å². The maximum Gasteiger partial charge on any atom is 0.287 e. The lowest BCUT2D eigenvalue weighted by molar-refractivity contribution is -0.384. The molecule has 0 aromatic carbocycles. The molecule has 1 aromatic heterocycles. The highest BCUT2D eigenvalue weighted by Crippen LogP contribution is 2.14. The van der Waals surface area contributed by atoms with E-state index in [9.17, 15) is 14.9 Å². The smallest absolute Gasteiger partial charge is 0.287 e. The zero-order valence-electron chi connectivity index (χ0n) is 11.8. The van der Waals surface area contributed by atoms with Crippen LogP contribution < -0.4 is 0 Å². The molecule has 0 spiro atoms. The molecule has 110 valence electrons. The summed E-state index contributed by atoms with van der Waals surface area (Å²) < 4.78 is 0. The van der Waals surface area contributed by atoms with Crippen LogP contribution >= 0.6 is 0 Å². The number of rotatable bonds is 4. The minimum atomic E-state index is -0.503. The SMILES string of the molecule is CC1CN(C)CCCN1CC(=O)c1cc([N+](=O)[O-])c[nH]1. The van der Waals surface area contributed by atoms with E-state index in [4.69, 9.17) is 0 Å². The molecule has 7 nitrogen and oxygen atoms in total. The van der Waals surface area contributed by atoms with Gasteiger partial charge in [0.15, 0.2) is 5.78 Å². The van der Waals surface area contributed by atoms with Gasteiger partial charge in [0.2, 0.25) is 0 Å². The Kier molecular flexibility index (Phi) is 4.51. The standard InChI is InChI=1S/C13H20N4O3/c1-10-8-15(2)4-3-5-16(10)9-13(18)12-6-11(7-14-12)17(19)20/h6-7,10,14H,3-5,8-9H2,1-2H3. The lowest BCUT2D eigenvalue weighted by Crippen LogP contribution is -2.40. The molecule has 7 heteroatoms. The molecule has 1 saturated heterocycles. The van der Waals surface area contributed by atoms with Crippen LogP contribution in [0.2, 0.25) is 0 Å². The van der Waals surface area contributed by atoms with E-state index in [1.807, 2.05) is 0 Å². The summed E-state index contributed by atoms with van der Waals surface area (Å²) in [5.41, 5.74) is 0.235. The minimum Gasteiger partial charge on any atom is -0.353 e. The third-order valence-electron chi connectivity index (χ3n) is 3.71. The largest absolute Gasteiger partial charge is 0.353 e. The molecule has 0 aliphatic carbocycles. The molecule has 1 atom stereocenters. The number of aromatic nitrogens is 1. The Morgan fingerprint density at radius 1 is 1.55 bits per heavy atom. The maximum absolute atomic E-state index is 12.2. The Morgan fingerprint density at radius 2 is 2.30 bits per heavy atom. The number of nitrogens with one attached hydrogen (secondary N) is 1. The normalized spacial score (nSPS) is 21.6. The molecule has 1 unspecified atom stereocenters. The van der Waals surface area contributed by atoms with Crippen molar-refractivity contribution in [2.45, 2.75) is 19.4 Å². The molecule has 0 amide bonds. The highest BCUT2D eigenvalue weighted by atomic mass is 16.6. The number of ketones is 1. The number of Topliss-reactive ketones (excluding diaryl/α,β-unsaturated/α-hetero) is 1. The summed E-state index contributed by atoms with van der Waals surface area (Å²) in [5, 5.41) is 10.6. The second kappa shape index (κ2) is 6.15. The fraction of sp³-hybridized carbons (Fsp3) is 0.615. The number of likely N-dealkylation sites (N-methyl/N-ethyl adjacent to an activating group) is 1. The molecule has 2 heterocycles. The van der Waals surface area contributed by atoms with Crippen molar-refractivity contribution in [3.8, 4) is 0 Å². The van der Waals surface area contributed by atoms with Crippen LogP contribution in [0.3, 0.4) is 0 Å². The lowest BCUT2D eigenvalue weighted by atomic mass is 10.2. The molecule has 0 saturated carbocycles. The van der Waals surface area contributed by atoms with Gasteiger partial charge in [0, 0.05) is 25.2 Å². The molecule has 1 fully saturated rings. The third kappa shape index (κ3) is 3.43. The van der Waals surface area contributed by atoms with Gasteiger partial charge in [-0.1, -0.05) is 0 Å². The van der Waals surface area contributed by atoms with Crippen LogP contribution in [0, 0.1) is 10.1 Å².